The predicted octanol–water partition coefficient (Wildman–Crippen LogP) is 6.17. The number of nitrogens with zero attached hydrogens (tertiary/aromatic N) is 3. The number of hydrogen-bond donors (Lipinski definition) is 0. The van der Waals surface area contributed by atoms with Crippen LogP contribution in [-0.4, -0.2) is 36.0 Å². The van der Waals surface area contributed by atoms with Gasteiger partial charge < -0.3 is 18.9 Å². The van der Waals surface area contributed by atoms with E-state index in [0.29, 0.717) is 19.8 Å². The van der Waals surface area contributed by atoms with Gasteiger partial charge in [-0.3, -0.25) is 0 Å². The Balaban J connectivity index is 1.52. The zero-order valence-corrected chi connectivity index (χ0v) is 20.8. The van der Waals surface area contributed by atoms with Crippen LogP contribution in [0.15, 0.2) is 96.1 Å². The third-order valence-electron chi connectivity index (χ3n) is 5.72. The maximum absolute atomic E-state index is 9.11. The highest BCUT2D eigenvalue weighted by atomic mass is 79.9. The van der Waals surface area contributed by atoms with Crippen LogP contribution in [-0.2, 0) is 38.8 Å². The lowest BCUT2D eigenvalue weighted by atomic mass is 10.00. The molecule has 3 aromatic carbocycles. The van der Waals surface area contributed by atoms with Crippen molar-refractivity contribution in [3.8, 4) is 0 Å². The Morgan fingerprint density at radius 3 is 1.74 bits per heavy atom. The summed E-state index contributed by atoms with van der Waals surface area (Å²) in [6.45, 7) is 1.48. The minimum Gasteiger partial charge on any atom is -0.374 e. The molecular weight excluding hydrogens is 510 g/mol. The van der Waals surface area contributed by atoms with Gasteiger partial charge >= 0.3 is 0 Å². The fourth-order valence-corrected chi connectivity index (χ4v) is 4.64. The predicted molar refractivity (Wildman–Crippen MR) is 137 cm³/mol. The van der Waals surface area contributed by atoms with E-state index >= 15 is 0 Å². The molecule has 3 aromatic rings. The summed E-state index contributed by atoms with van der Waals surface area (Å²) in [5.74, 6) is 0. The molecule has 182 valence electrons. The third kappa shape index (κ3) is 7.39. The fraction of sp³-hybridized carbons (Fsp3) is 0.333. The van der Waals surface area contributed by atoms with E-state index in [2.05, 4.69) is 26.0 Å². The van der Waals surface area contributed by atoms with E-state index in [0.717, 1.165) is 16.7 Å². The van der Waals surface area contributed by atoms with Crippen molar-refractivity contribution >= 4 is 15.9 Å². The van der Waals surface area contributed by atoms with E-state index < -0.39 is 29.4 Å². The van der Waals surface area contributed by atoms with Gasteiger partial charge in [0.2, 0.25) is 0 Å². The van der Waals surface area contributed by atoms with E-state index in [-0.39, 0.29) is 6.61 Å². The van der Waals surface area contributed by atoms with Gasteiger partial charge in [0.15, 0.2) is 6.23 Å². The van der Waals surface area contributed by atoms with Crippen molar-refractivity contribution in [2.24, 2.45) is 5.11 Å². The number of benzene rings is 3. The van der Waals surface area contributed by atoms with Gasteiger partial charge in [-0.25, -0.2) is 0 Å². The molecule has 1 heterocycles. The quantitative estimate of drug-likeness (QED) is 0.126. The van der Waals surface area contributed by atoms with Gasteiger partial charge in [0, 0.05) is 4.91 Å². The maximum Gasteiger partial charge on any atom is 0.152 e. The van der Waals surface area contributed by atoms with Gasteiger partial charge in [-0.15, -0.1) is 0 Å². The van der Waals surface area contributed by atoms with Crippen LogP contribution >= 0.6 is 15.9 Å². The number of azide groups is 1. The van der Waals surface area contributed by atoms with Gasteiger partial charge in [-0.05, 0) is 22.2 Å². The second-order valence-corrected chi connectivity index (χ2v) is 9.29. The molecule has 1 aliphatic rings. The topological polar surface area (TPSA) is 85.7 Å². The van der Waals surface area contributed by atoms with Crippen molar-refractivity contribution in [3.05, 3.63) is 118 Å². The molecule has 0 N–H and O–H groups in total. The van der Waals surface area contributed by atoms with Crippen LogP contribution in [0.25, 0.3) is 10.4 Å². The molecule has 0 amide bonds. The largest absolute Gasteiger partial charge is 0.374 e. The first-order valence-electron chi connectivity index (χ1n) is 11.5. The highest BCUT2D eigenvalue weighted by Crippen LogP contribution is 2.33. The minimum absolute atomic E-state index is 0.261. The van der Waals surface area contributed by atoms with E-state index in [1.807, 2.05) is 91.0 Å². The molecule has 0 aromatic heterocycles. The van der Waals surface area contributed by atoms with Crippen LogP contribution in [0.1, 0.15) is 16.7 Å². The second-order valence-electron chi connectivity index (χ2n) is 8.24. The van der Waals surface area contributed by atoms with E-state index in [4.69, 9.17) is 24.5 Å². The molecule has 7 nitrogen and oxygen atoms in total. The summed E-state index contributed by atoms with van der Waals surface area (Å²) in [6, 6.07) is 29.8. The molecule has 0 saturated carbocycles. The van der Waals surface area contributed by atoms with Gasteiger partial charge in [0.05, 0.1) is 31.3 Å². The first kappa shape index (κ1) is 25.4. The van der Waals surface area contributed by atoms with Crippen LogP contribution in [0.5, 0.6) is 0 Å². The molecule has 0 aliphatic carbocycles. The van der Waals surface area contributed by atoms with Gasteiger partial charge in [0.25, 0.3) is 0 Å². The van der Waals surface area contributed by atoms with Crippen molar-refractivity contribution in [2.45, 2.75) is 49.2 Å². The highest BCUT2D eigenvalue weighted by Gasteiger charge is 2.46. The van der Waals surface area contributed by atoms with E-state index in [1.54, 1.807) is 0 Å². The average molecular weight is 538 g/mol. The molecule has 1 saturated heterocycles. The Morgan fingerprint density at radius 2 is 1.23 bits per heavy atom. The first-order chi connectivity index (χ1) is 17.2. The van der Waals surface area contributed by atoms with Crippen LogP contribution < -0.4 is 0 Å². The average Bonchev–Trinajstić information content (AvgIpc) is 2.90. The summed E-state index contributed by atoms with van der Waals surface area (Å²) in [7, 11) is 0. The Labute approximate surface area is 213 Å². The van der Waals surface area contributed by atoms with Gasteiger partial charge in [0.1, 0.15) is 18.3 Å². The summed E-state index contributed by atoms with van der Waals surface area (Å²) in [6.07, 6.45) is -2.15. The molecule has 35 heavy (non-hydrogen) atoms. The van der Waals surface area contributed by atoms with Crippen molar-refractivity contribution in [3.63, 3.8) is 0 Å². The first-order valence-corrected chi connectivity index (χ1v) is 12.4. The van der Waals surface area contributed by atoms with Crippen LogP contribution in [0, 0.1) is 0 Å². The maximum atomic E-state index is 9.11. The molecule has 0 spiro atoms. The molecule has 0 bridgehead atoms. The Bertz CT molecular complexity index is 1070. The number of ether oxygens (including phenoxy) is 4. The second kappa shape index (κ2) is 13.4. The van der Waals surface area contributed by atoms with Crippen LogP contribution in [0.3, 0.4) is 0 Å². The number of rotatable bonds is 11. The number of halogens is 1. The van der Waals surface area contributed by atoms with Crippen molar-refractivity contribution in [1.29, 1.82) is 0 Å². The highest BCUT2D eigenvalue weighted by molar-refractivity contribution is 9.09. The standard InChI is InChI=1S/C27H28BrN3O4/c28-24-26(34-18-22-14-8-3-9-15-22)25(33-17-21-12-6-2-7-13-21)23(35-27(24)30-31-29)19-32-16-20-10-4-1-5-11-20/h1-15,23-27H,16-19H2/t23-,24+,25+,26-,27+/m1/s1. The van der Waals surface area contributed by atoms with Gasteiger partial charge in [-0.2, -0.15) is 0 Å². The fourth-order valence-electron chi connectivity index (χ4n) is 3.95. The molecule has 8 heteroatoms. The van der Waals surface area contributed by atoms with Crippen molar-refractivity contribution < 1.29 is 18.9 Å². The monoisotopic (exact) mass is 537 g/mol. The lowest BCUT2D eigenvalue weighted by molar-refractivity contribution is -0.214. The summed E-state index contributed by atoms with van der Waals surface area (Å²) >= 11 is 3.66. The molecule has 0 radical (unpaired) electrons. The van der Waals surface area contributed by atoms with Crippen molar-refractivity contribution in [2.75, 3.05) is 6.61 Å². The lowest BCUT2D eigenvalue weighted by Crippen LogP contribution is -2.58. The summed E-state index contributed by atoms with van der Waals surface area (Å²) < 4.78 is 24.9. The molecule has 1 fully saturated rings. The third-order valence-corrected chi connectivity index (χ3v) is 6.69. The molecule has 4 rings (SSSR count). The summed E-state index contributed by atoms with van der Waals surface area (Å²) in [4.78, 5) is 2.58. The zero-order chi connectivity index (χ0) is 24.3. The molecule has 5 atom stereocenters. The van der Waals surface area contributed by atoms with Gasteiger partial charge in [-0.1, -0.05) is 112 Å². The minimum atomic E-state index is -0.761. The lowest BCUT2D eigenvalue weighted by Gasteiger charge is -2.43. The molecule has 1 aliphatic heterocycles. The number of alkyl halides is 1. The molecule has 0 unspecified atom stereocenters. The zero-order valence-electron chi connectivity index (χ0n) is 19.2. The Kier molecular flexibility index (Phi) is 9.72. The smallest absolute Gasteiger partial charge is 0.152 e. The number of hydrogen-bond acceptors (Lipinski definition) is 5. The summed E-state index contributed by atoms with van der Waals surface area (Å²) in [5.41, 5.74) is 12.3. The van der Waals surface area contributed by atoms with Crippen LogP contribution in [0.4, 0.5) is 0 Å². The molecular formula is C27H28BrN3O4. The van der Waals surface area contributed by atoms with Crippen LogP contribution in [0.2, 0.25) is 0 Å². The normalized spacial score (nSPS) is 24.0. The van der Waals surface area contributed by atoms with E-state index in [1.165, 1.54) is 0 Å². The van der Waals surface area contributed by atoms with Crippen molar-refractivity contribution in [1.82, 2.24) is 0 Å². The summed E-state index contributed by atoms with van der Waals surface area (Å²) in [5, 5.41) is 3.86. The van der Waals surface area contributed by atoms with E-state index in [9.17, 15) is 0 Å². The SMILES string of the molecule is [N-]=[N+]=N[C@H]1O[C@H](COCc2ccccc2)[C@H](OCc2ccccc2)[C@H](OCc2ccccc2)[C@@H]1Br. The Hall–Kier alpha value is -2.71. The Morgan fingerprint density at radius 1 is 0.743 bits per heavy atom.